The normalized spacial score (nSPS) is 9.22. The van der Waals surface area contributed by atoms with Gasteiger partial charge in [-0.25, -0.2) is 0 Å². The molecule has 0 unspecified atom stereocenters. The first-order valence-electron chi connectivity index (χ1n) is 5.18. The summed E-state index contributed by atoms with van der Waals surface area (Å²) in [4.78, 5) is 21.9. The van der Waals surface area contributed by atoms with Crippen LogP contribution in [0.25, 0.3) is 0 Å². The van der Waals surface area contributed by atoms with Gasteiger partial charge in [-0.2, -0.15) is 0 Å². The fourth-order valence-corrected chi connectivity index (χ4v) is 1.47. The third-order valence-corrected chi connectivity index (χ3v) is 2.35. The lowest BCUT2D eigenvalue weighted by Gasteiger charge is -2.04. The minimum absolute atomic E-state index is 0.00569. The topological polar surface area (TPSA) is 72.2 Å². The molecule has 1 aromatic carbocycles. The standard InChI is InChI=1S/C12H11ClN2O3/c1-2-3-4-7-14-12(16)10-6-5-9(13)8-11(10)15(17)18/h5-6,8H,4,7H2,1H3,(H,14,16). The number of halogens is 1. The lowest BCUT2D eigenvalue weighted by molar-refractivity contribution is -0.385. The number of nitrogens with one attached hydrogen (secondary N) is 1. The number of nitro groups is 1. The Kier molecular flexibility index (Phi) is 5.15. The number of hydrogen-bond donors (Lipinski definition) is 1. The highest BCUT2D eigenvalue weighted by molar-refractivity contribution is 6.31. The summed E-state index contributed by atoms with van der Waals surface area (Å²) < 4.78 is 0. The van der Waals surface area contributed by atoms with Crippen molar-refractivity contribution < 1.29 is 9.72 Å². The van der Waals surface area contributed by atoms with E-state index in [1.54, 1.807) is 6.92 Å². The molecule has 0 saturated heterocycles. The average Bonchev–Trinajstić information content (AvgIpc) is 2.34. The van der Waals surface area contributed by atoms with Gasteiger partial charge in [-0.15, -0.1) is 11.8 Å². The summed E-state index contributed by atoms with van der Waals surface area (Å²) in [6, 6.07) is 3.93. The van der Waals surface area contributed by atoms with E-state index in [-0.39, 0.29) is 16.3 Å². The summed E-state index contributed by atoms with van der Waals surface area (Å²) in [7, 11) is 0. The van der Waals surface area contributed by atoms with Crippen LogP contribution in [0.4, 0.5) is 5.69 Å². The van der Waals surface area contributed by atoms with Gasteiger partial charge in [-0.3, -0.25) is 14.9 Å². The minimum atomic E-state index is -0.632. The van der Waals surface area contributed by atoms with Crippen molar-refractivity contribution in [2.45, 2.75) is 13.3 Å². The summed E-state index contributed by atoms with van der Waals surface area (Å²) in [5.41, 5.74) is -0.310. The maximum absolute atomic E-state index is 11.7. The number of nitrogens with zero attached hydrogens (tertiary/aromatic N) is 1. The second kappa shape index (κ2) is 6.62. The lowest BCUT2D eigenvalue weighted by atomic mass is 10.1. The molecule has 0 radical (unpaired) electrons. The minimum Gasteiger partial charge on any atom is -0.351 e. The molecule has 0 aromatic heterocycles. The number of rotatable bonds is 4. The van der Waals surface area contributed by atoms with Crippen LogP contribution in [0.15, 0.2) is 18.2 Å². The van der Waals surface area contributed by atoms with Crippen LogP contribution in [-0.2, 0) is 0 Å². The van der Waals surface area contributed by atoms with Crippen LogP contribution in [0.1, 0.15) is 23.7 Å². The lowest BCUT2D eigenvalue weighted by Crippen LogP contribution is -2.25. The maximum Gasteiger partial charge on any atom is 0.283 e. The predicted octanol–water partition coefficient (Wildman–Crippen LogP) is 2.39. The molecular weight excluding hydrogens is 256 g/mol. The van der Waals surface area contributed by atoms with Gasteiger partial charge >= 0.3 is 0 Å². The largest absolute Gasteiger partial charge is 0.351 e. The predicted molar refractivity (Wildman–Crippen MR) is 68.5 cm³/mol. The molecule has 18 heavy (non-hydrogen) atoms. The van der Waals surface area contributed by atoms with Crippen LogP contribution in [-0.4, -0.2) is 17.4 Å². The van der Waals surface area contributed by atoms with E-state index in [4.69, 9.17) is 11.6 Å². The Morgan fingerprint density at radius 3 is 2.89 bits per heavy atom. The van der Waals surface area contributed by atoms with E-state index in [1.807, 2.05) is 0 Å². The van der Waals surface area contributed by atoms with Crippen molar-refractivity contribution in [2.75, 3.05) is 6.54 Å². The third-order valence-electron chi connectivity index (χ3n) is 2.11. The Bertz CT molecular complexity index is 532. The Labute approximate surface area is 109 Å². The van der Waals surface area contributed by atoms with Crippen LogP contribution in [0.3, 0.4) is 0 Å². The molecule has 0 aliphatic heterocycles. The van der Waals surface area contributed by atoms with E-state index < -0.39 is 10.8 Å². The third kappa shape index (κ3) is 3.75. The summed E-state index contributed by atoms with van der Waals surface area (Å²) in [6.07, 6.45) is 0.504. The van der Waals surface area contributed by atoms with Gasteiger partial charge in [0, 0.05) is 24.1 Å². The van der Waals surface area contributed by atoms with E-state index in [1.165, 1.54) is 12.1 Å². The quantitative estimate of drug-likeness (QED) is 0.394. The summed E-state index contributed by atoms with van der Waals surface area (Å²) in [5.74, 6) is 4.97. The fourth-order valence-electron chi connectivity index (χ4n) is 1.31. The molecular formula is C12H11ClN2O3. The second-order valence-electron chi connectivity index (χ2n) is 3.35. The van der Waals surface area contributed by atoms with Crippen LogP contribution in [0.2, 0.25) is 5.02 Å². The Balaban J connectivity index is 2.84. The molecule has 1 rings (SSSR count). The zero-order chi connectivity index (χ0) is 13.5. The van der Waals surface area contributed by atoms with Gasteiger partial charge in [-0.05, 0) is 19.1 Å². The fraction of sp³-hybridized carbons (Fsp3) is 0.250. The van der Waals surface area contributed by atoms with E-state index in [9.17, 15) is 14.9 Å². The Morgan fingerprint density at radius 1 is 1.56 bits per heavy atom. The van der Waals surface area contributed by atoms with Gasteiger partial charge in [0.2, 0.25) is 0 Å². The molecule has 0 aliphatic carbocycles. The monoisotopic (exact) mass is 266 g/mol. The molecule has 0 atom stereocenters. The van der Waals surface area contributed by atoms with E-state index in [2.05, 4.69) is 17.2 Å². The number of carbonyl (C=O) groups is 1. The van der Waals surface area contributed by atoms with Crippen molar-refractivity contribution in [3.8, 4) is 11.8 Å². The molecule has 0 aliphatic rings. The van der Waals surface area contributed by atoms with Crippen LogP contribution in [0, 0.1) is 22.0 Å². The summed E-state index contributed by atoms with van der Waals surface area (Å²) >= 11 is 5.66. The molecule has 0 spiro atoms. The van der Waals surface area contributed by atoms with Gasteiger partial charge < -0.3 is 5.32 Å². The second-order valence-corrected chi connectivity index (χ2v) is 3.79. The van der Waals surface area contributed by atoms with E-state index >= 15 is 0 Å². The van der Waals surface area contributed by atoms with Crippen molar-refractivity contribution in [3.05, 3.63) is 38.9 Å². The molecule has 0 fully saturated rings. The molecule has 1 N–H and O–H groups in total. The van der Waals surface area contributed by atoms with E-state index in [0.29, 0.717) is 13.0 Å². The highest BCUT2D eigenvalue weighted by Crippen LogP contribution is 2.22. The number of amides is 1. The Hall–Kier alpha value is -2.06. The summed E-state index contributed by atoms with van der Waals surface area (Å²) in [5, 5.41) is 13.6. The zero-order valence-corrected chi connectivity index (χ0v) is 10.5. The highest BCUT2D eigenvalue weighted by atomic mass is 35.5. The number of nitro benzene ring substituents is 1. The van der Waals surface area contributed by atoms with Crippen molar-refractivity contribution >= 4 is 23.2 Å². The SMILES string of the molecule is CC#CCCNC(=O)c1ccc(Cl)cc1[N+](=O)[O-]. The number of carbonyl (C=O) groups excluding carboxylic acids is 1. The van der Waals surface area contributed by atoms with Crippen molar-refractivity contribution in [1.29, 1.82) is 0 Å². The first-order chi connectivity index (χ1) is 8.56. The van der Waals surface area contributed by atoms with Crippen LogP contribution < -0.4 is 5.32 Å². The van der Waals surface area contributed by atoms with Gasteiger partial charge in [0.15, 0.2) is 0 Å². The maximum atomic E-state index is 11.7. The smallest absolute Gasteiger partial charge is 0.283 e. The molecule has 1 aromatic rings. The highest BCUT2D eigenvalue weighted by Gasteiger charge is 2.19. The molecule has 0 saturated carbocycles. The van der Waals surface area contributed by atoms with Gasteiger partial charge in [0.05, 0.1) is 4.92 Å². The molecule has 6 heteroatoms. The molecule has 0 heterocycles. The number of hydrogen-bond acceptors (Lipinski definition) is 3. The first-order valence-corrected chi connectivity index (χ1v) is 5.55. The van der Waals surface area contributed by atoms with Crippen molar-refractivity contribution in [2.24, 2.45) is 0 Å². The van der Waals surface area contributed by atoms with Gasteiger partial charge in [0.25, 0.3) is 11.6 Å². The van der Waals surface area contributed by atoms with Crippen molar-refractivity contribution in [3.63, 3.8) is 0 Å². The van der Waals surface area contributed by atoms with E-state index in [0.717, 1.165) is 6.07 Å². The molecule has 5 nitrogen and oxygen atoms in total. The zero-order valence-electron chi connectivity index (χ0n) is 9.70. The van der Waals surface area contributed by atoms with Crippen LogP contribution in [0.5, 0.6) is 0 Å². The molecule has 0 bridgehead atoms. The van der Waals surface area contributed by atoms with Gasteiger partial charge in [-0.1, -0.05) is 11.6 Å². The number of benzene rings is 1. The first kappa shape index (κ1) is 14.0. The molecule has 94 valence electrons. The molecule has 1 amide bonds. The Morgan fingerprint density at radius 2 is 2.28 bits per heavy atom. The van der Waals surface area contributed by atoms with Crippen LogP contribution >= 0.6 is 11.6 Å². The van der Waals surface area contributed by atoms with Crippen molar-refractivity contribution in [1.82, 2.24) is 5.32 Å². The summed E-state index contributed by atoms with van der Waals surface area (Å²) in [6.45, 7) is 2.05. The van der Waals surface area contributed by atoms with Gasteiger partial charge in [0.1, 0.15) is 5.56 Å². The average molecular weight is 267 g/mol.